The number of H-pyrrole nitrogens is 1. The number of amides is 1. The summed E-state index contributed by atoms with van der Waals surface area (Å²) < 4.78 is 0. The van der Waals surface area contributed by atoms with Gasteiger partial charge in [-0.25, -0.2) is 0 Å². The molecule has 0 spiro atoms. The number of pyridine rings is 1. The van der Waals surface area contributed by atoms with Gasteiger partial charge in [-0.3, -0.25) is 14.5 Å². The van der Waals surface area contributed by atoms with E-state index in [4.69, 9.17) is 11.6 Å². The summed E-state index contributed by atoms with van der Waals surface area (Å²) in [5.74, 6) is -0.385. The predicted molar refractivity (Wildman–Crippen MR) is 127 cm³/mol. The molecule has 4 rings (SSSR count). The molecule has 1 saturated heterocycles. The molecular weight excluding hydrogens is 446 g/mol. The summed E-state index contributed by atoms with van der Waals surface area (Å²) in [5.41, 5.74) is 0.466. The highest BCUT2D eigenvalue weighted by Gasteiger charge is 2.34. The van der Waals surface area contributed by atoms with Crippen LogP contribution in [0.3, 0.4) is 0 Å². The molecule has 32 heavy (non-hydrogen) atoms. The van der Waals surface area contributed by atoms with Crippen molar-refractivity contribution in [3.8, 4) is 0 Å². The summed E-state index contributed by atoms with van der Waals surface area (Å²) in [7, 11) is 0. The number of rotatable bonds is 6. The van der Waals surface area contributed by atoms with Gasteiger partial charge in [0.1, 0.15) is 5.56 Å². The molecule has 168 valence electrons. The van der Waals surface area contributed by atoms with Crippen molar-refractivity contribution < 1.29 is 9.90 Å². The fraction of sp³-hybridized carbons (Fsp3) is 0.333. The molecule has 1 aromatic carbocycles. The molecule has 0 saturated carbocycles. The first-order chi connectivity index (χ1) is 15.3. The Morgan fingerprint density at radius 3 is 2.56 bits per heavy atom. The van der Waals surface area contributed by atoms with Crippen LogP contribution < -0.4 is 10.9 Å². The van der Waals surface area contributed by atoms with Crippen molar-refractivity contribution in [2.45, 2.75) is 38.0 Å². The van der Waals surface area contributed by atoms with Crippen molar-refractivity contribution in [1.29, 1.82) is 0 Å². The number of halogens is 1. The molecule has 1 amide bonds. The summed E-state index contributed by atoms with van der Waals surface area (Å²) in [4.78, 5) is 31.1. The van der Waals surface area contributed by atoms with Gasteiger partial charge in [0.25, 0.3) is 11.5 Å². The molecule has 1 atom stereocenters. The highest BCUT2D eigenvalue weighted by molar-refractivity contribution is 7.10. The van der Waals surface area contributed by atoms with Gasteiger partial charge in [-0.2, -0.15) is 0 Å². The average Bonchev–Trinajstić information content (AvgIpc) is 3.31. The van der Waals surface area contributed by atoms with Crippen molar-refractivity contribution in [2.24, 2.45) is 0 Å². The quantitative estimate of drug-likeness (QED) is 0.506. The second kappa shape index (κ2) is 9.58. The lowest BCUT2D eigenvalue weighted by molar-refractivity contribution is -0.0279. The van der Waals surface area contributed by atoms with E-state index in [0.29, 0.717) is 37.5 Å². The van der Waals surface area contributed by atoms with Gasteiger partial charge >= 0.3 is 0 Å². The summed E-state index contributed by atoms with van der Waals surface area (Å²) in [6.45, 7) is 3.84. The van der Waals surface area contributed by atoms with Gasteiger partial charge < -0.3 is 15.4 Å². The minimum absolute atomic E-state index is 0.105. The number of aromatic nitrogens is 1. The molecule has 2 aromatic heterocycles. The number of benzene rings is 1. The Morgan fingerprint density at radius 2 is 1.94 bits per heavy atom. The zero-order chi connectivity index (χ0) is 22.7. The molecule has 3 N–H and O–H groups in total. The molecular formula is C24H26ClN3O3S. The van der Waals surface area contributed by atoms with Gasteiger partial charge in [-0.1, -0.05) is 29.8 Å². The Kier molecular flexibility index (Phi) is 6.81. The molecule has 6 nitrogen and oxygen atoms in total. The van der Waals surface area contributed by atoms with E-state index in [1.165, 1.54) is 0 Å². The van der Waals surface area contributed by atoms with Crippen LogP contribution in [0.15, 0.2) is 58.7 Å². The lowest BCUT2D eigenvalue weighted by Crippen LogP contribution is -2.42. The van der Waals surface area contributed by atoms with E-state index in [1.54, 1.807) is 35.6 Å². The number of piperidine rings is 1. The SMILES string of the molecule is CC(NC(=O)c1ccc(CN2CCC(O)(c3ccc(Cl)cc3)CC2)[nH]c1=O)c1cccs1. The van der Waals surface area contributed by atoms with E-state index in [9.17, 15) is 14.7 Å². The molecule has 1 aliphatic heterocycles. The van der Waals surface area contributed by atoms with E-state index in [2.05, 4.69) is 15.2 Å². The maximum atomic E-state index is 12.5. The topological polar surface area (TPSA) is 85.4 Å². The number of hydrogen-bond acceptors (Lipinski definition) is 5. The second-order valence-electron chi connectivity index (χ2n) is 8.25. The van der Waals surface area contributed by atoms with Crippen LogP contribution in [-0.2, 0) is 12.1 Å². The smallest absolute Gasteiger partial charge is 0.261 e. The summed E-state index contributed by atoms with van der Waals surface area (Å²) in [5, 5.41) is 16.5. The van der Waals surface area contributed by atoms with Gasteiger partial charge in [0.2, 0.25) is 0 Å². The summed E-state index contributed by atoms with van der Waals surface area (Å²) in [6.07, 6.45) is 1.19. The number of likely N-dealkylation sites (tertiary alicyclic amines) is 1. The predicted octanol–water partition coefficient (Wildman–Crippen LogP) is 4.06. The number of nitrogens with one attached hydrogen (secondary N) is 2. The number of thiophene rings is 1. The Labute approximate surface area is 195 Å². The van der Waals surface area contributed by atoms with E-state index in [0.717, 1.165) is 16.1 Å². The zero-order valence-corrected chi connectivity index (χ0v) is 19.4. The normalized spacial score (nSPS) is 17.1. The van der Waals surface area contributed by atoms with Crippen molar-refractivity contribution in [2.75, 3.05) is 13.1 Å². The van der Waals surface area contributed by atoms with Crippen LogP contribution in [0, 0.1) is 0 Å². The number of aliphatic hydroxyl groups is 1. The number of aromatic amines is 1. The third-order valence-electron chi connectivity index (χ3n) is 5.99. The number of carbonyl (C=O) groups excluding carboxylic acids is 1. The third-order valence-corrected chi connectivity index (χ3v) is 7.30. The van der Waals surface area contributed by atoms with Gasteiger partial charge in [0.15, 0.2) is 0 Å². The van der Waals surface area contributed by atoms with Crippen molar-refractivity contribution in [3.63, 3.8) is 0 Å². The van der Waals surface area contributed by atoms with Crippen LogP contribution in [0.5, 0.6) is 0 Å². The Morgan fingerprint density at radius 1 is 1.22 bits per heavy atom. The summed E-state index contributed by atoms with van der Waals surface area (Å²) >= 11 is 7.52. The highest BCUT2D eigenvalue weighted by atomic mass is 35.5. The zero-order valence-electron chi connectivity index (χ0n) is 17.8. The number of carbonyl (C=O) groups is 1. The molecule has 3 aromatic rings. The lowest BCUT2D eigenvalue weighted by Gasteiger charge is -2.38. The van der Waals surface area contributed by atoms with Crippen LogP contribution in [0.4, 0.5) is 0 Å². The largest absolute Gasteiger partial charge is 0.385 e. The first-order valence-corrected chi connectivity index (χ1v) is 11.9. The monoisotopic (exact) mass is 471 g/mol. The minimum Gasteiger partial charge on any atom is -0.385 e. The van der Waals surface area contributed by atoms with Gasteiger partial charge in [0, 0.05) is 35.2 Å². The standard InChI is InChI=1S/C24H26ClN3O3S/c1-16(21-3-2-14-32-21)26-22(29)20-9-8-19(27-23(20)30)15-28-12-10-24(31,11-13-28)17-4-6-18(25)7-5-17/h2-9,14,16,31H,10-13,15H2,1H3,(H,26,29)(H,27,30). The minimum atomic E-state index is -0.865. The van der Waals surface area contributed by atoms with Gasteiger partial charge in [-0.15, -0.1) is 11.3 Å². The second-order valence-corrected chi connectivity index (χ2v) is 9.67. The van der Waals surface area contributed by atoms with E-state index in [-0.39, 0.29) is 17.5 Å². The first kappa shape index (κ1) is 22.7. The van der Waals surface area contributed by atoms with Crippen LogP contribution in [0.2, 0.25) is 5.02 Å². The van der Waals surface area contributed by atoms with Crippen LogP contribution in [0.1, 0.15) is 52.3 Å². The molecule has 0 bridgehead atoms. The van der Waals surface area contributed by atoms with E-state index < -0.39 is 11.2 Å². The maximum absolute atomic E-state index is 12.5. The molecule has 8 heteroatoms. The maximum Gasteiger partial charge on any atom is 0.261 e. The Hall–Kier alpha value is -2.45. The van der Waals surface area contributed by atoms with Crippen LogP contribution in [0.25, 0.3) is 0 Å². The molecule has 1 unspecified atom stereocenters. The molecule has 0 aliphatic carbocycles. The molecule has 3 heterocycles. The Bertz CT molecular complexity index is 1120. The lowest BCUT2D eigenvalue weighted by atomic mass is 9.84. The van der Waals surface area contributed by atoms with E-state index >= 15 is 0 Å². The molecule has 1 aliphatic rings. The van der Waals surface area contributed by atoms with Crippen LogP contribution >= 0.6 is 22.9 Å². The van der Waals surface area contributed by atoms with Crippen molar-refractivity contribution in [1.82, 2.24) is 15.2 Å². The van der Waals surface area contributed by atoms with E-state index in [1.807, 2.05) is 36.6 Å². The fourth-order valence-electron chi connectivity index (χ4n) is 4.04. The third kappa shape index (κ3) is 5.13. The van der Waals surface area contributed by atoms with Crippen molar-refractivity contribution in [3.05, 3.63) is 91.0 Å². The summed E-state index contributed by atoms with van der Waals surface area (Å²) in [6, 6.07) is 14.4. The number of nitrogens with zero attached hydrogens (tertiary/aromatic N) is 1. The highest BCUT2D eigenvalue weighted by Crippen LogP contribution is 2.33. The average molecular weight is 472 g/mol. The number of hydrogen-bond donors (Lipinski definition) is 3. The fourth-order valence-corrected chi connectivity index (χ4v) is 4.90. The van der Waals surface area contributed by atoms with Crippen molar-refractivity contribution >= 4 is 28.8 Å². The van der Waals surface area contributed by atoms with Gasteiger partial charge in [-0.05, 0) is 61.0 Å². The molecule has 1 fully saturated rings. The van der Waals surface area contributed by atoms with Gasteiger partial charge in [0.05, 0.1) is 11.6 Å². The molecule has 0 radical (unpaired) electrons. The first-order valence-electron chi connectivity index (χ1n) is 10.6. The van der Waals surface area contributed by atoms with Crippen LogP contribution in [-0.4, -0.2) is 34.0 Å². The Balaban J connectivity index is 1.35.